The van der Waals surface area contributed by atoms with Crippen molar-refractivity contribution in [3.63, 3.8) is 0 Å². The third-order valence-electron chi connectivity index (χ3n) is 3.44. The first-order valence-electron chi connectivity index (χ1n) is 7.10. The number of nitrogens with one attached hydrogen (secondary N) is 3. The summed E-state index contributed by atoms with van der Waals surface area (Å²) in [6.45, 7) is 0. The van der Waals surface area contributed by atoms with Gasteiger partial charge >= 0.3 is 6.03 Å². The number of anilines is 2. The van der Waals surface area contributed by atoms with Gasteiger partial charge in [-0.1, -0.05) is 11.6 Å². The quantitative estimate of drug-likeness (QED) is 0.703. The number of urea groups is 1. The molecule has 1 aromatic carbocycles. The van der Waals surface area contributed by atoms with Gasteiger partial charge in [-0.05, 0) is 30.7 Å². The van der Waals surface area contributed by atoms with Gasteiger partial charge in [0.05, 0.1) is 5.69 Å². The van der Waals surface area contributed by atoms with Crippen molar-refractivity contribution in [1.82, 2.24) is 20.5 Å². The van der Waals surface area contributed by atoms with Gasteiger partial charge in [0.25, 0.3) is 5.91 Å². The Morgan fingerprint density at radius 3 is 2.71 bits per heavy atom. The molecule has 2 aromatic rings. The predicted octanol–water partition coefficient (Wildman–Crippen LogP) is 1.30. The van der Waals surface area contributed by atoms with Crippen LogP contribution in [0.25, 0.3) is 0 Å². The first-order chi connectivity index (χ1) is 11.5. The first-order valence-corrected chi connectivity index (χ1v) is 7.47. The van der Waals surface area contributed by atoms with Gasteiger partial charge in [-0.2, -0.15) is 10.1 Å². The Morgan fingerprint density at radius 1 is 1.29 bits per heavy atom. The van der Waals surface area contributed by atoms with Gasteiger partial charge < -0.3 is 5.32 Å². The van der Waals surface area contributed by atoms with E-state index < -0.39 is 18.0 Å². The van der Waals surface area contributed by atoms with Crippen molar-refractivity contribution >= 4 is 41.1 Å². The maximum Gasteiger partial charge on any atom is 0.329 e. The van der Waals surface area contributed by atoms with Crippen molar-refractivity contribution < 1.29 is 14.4 Å². The lowest BCUT2D eigenvalue weighted by Gasteiger charge is -2.13. The number of rotatable bonds is 5. The fraction of sp³-hybridized carbons (Fsp3) is 0.214. The predicted molar refractivity (Wildman–Crippen MR) is 85.5 cm³/mol. The Balaban J connectivity index is 1.59. The van der Waals surface area contributed by atoms with Crippen molar-refractivity contribution in [3.8, 4) is 0 Å². The van der Waals surface area contributed by atoms with Gasteiger partial charge in [-0.3, -0.25) is 14.9 Å². The number of carbonyl (C=O) groups is 3. The summed E-state index contributed by atoms with van der Waals surface area (Å²) in [7, 11) is 0. The zero-order chi connectivity index (χ0) is 17.1. The van der Waals surface area contributed by atoms with E-state index >= 15 is 0 Å². The highest BCUT2D eigenvalue weighted by Gasteiger charge is 2.38. The molecular weight excluding hydrogens is 336 g/mol. The molecule has 0 aliphatic carbocycles. The highest BCUT2D eigenvalue weighted by molar-refractivity contribution is 6.30. The van der Waals surface area contributed by atoms with E-state index in [-0.39, 0.29) is 24.7 Å². The zero-order valence-corrected chi connectivity index (χ0v) is 13.1. The van der Waals surface area contributed by atoms with E-state index in [9.17, 15) is 14.4 Å². The number of hydrogen-bond acceptors (Lipinski definition) is 5. The maximum absolute atomic E-state index is 12.4. The Morgan fingerprint density at radius 2 is 2.04 bits per heavy atom. The maximum atomic E-state index is 12.4. The second-order valence-corrected chi connectivity index (χ2v) is 5.51. The highest BCUT2D eigenvalue weighted by atomic mass is 35.5. The van der Waals surface area contributed by atoms with E-state index in [1.165, 1.54) is 6.33 Å². The molecule has 0 radical (unpaired) electrons. The molecule has 0 saturated carbocycles. The minimum atomic E-state index is -0.756. The number of aromatic nitrogens is 3. The van der Waals surface area contributed by atoms with Crippen LogP contribution in [0, 0.1) is 0 Å². The molecule has 10 heteroatoms. The molecule has 3 rings (SSSR count). The van der Waals surface area contributed by atoms with Gasteiger partial charge in [0.2, 0.25) is 11.9 Å². The third-order valence-corrected chi connectivity index (χ3v) is 3.69. The summed E-state index contributed by atoms with van der Waals surface area (Å²) in [5, 5.41) is 11.7. The topological polar surface area (TPSA) is 120 Å². The molecule has 9 nitrogen and oxygen atoms in total. The number of H-pyrrole nitrogens is 1. The van der Waals surface area contributed by atoms with Crippen LogP contribution in [0.15, 0.2) is 30.6 Å². The van der Waals surface area contributed by atoms with Crippen molar-refractivity contribution in [2.45, 2.75) is 18.9 Å². The van der Waals surface area contributed by atoms with Gasteiger partial charge in [0.15, 0.2) is 0 Å². The smallest absolute Gasteiger partial charge is 0.325 e. The van der Waals surface area contributed by atoms with Crippen molar-refractivity contribution in [1.29, 1.82) is 0 Å². The summed E-state index contributed by atoms with van der Waals surface area (Å²) in [6, 6.07) is 5.07. The van der Waals surface area contributed by atoms with E-state index in [1.54, 1.807) is 24.3 Å². The molecule has 2 heterocycles. The number of hydrogen-bond donors (Lipinski definition) is 3. The zero-order valence-electron chi connectivity index (χ0n) is 12.3. The minimum absolute atomic E-state index is 0.0475. The van der Waals surface area contributed by atoms with Crippen LogP contribution in [0.1, 0.15) is 12.8 Å². The van der Waals surface area contributed by atoms with Crippen LogP contribution in [-0.4, -0.2) is 39.1 Å². The lowest BCUT2D eigenvalue weighted by atomic mass is 10.1. The highest BCUT2D eigenvalue weighted by Crippen LogP contribution is 2.23. The second-order valence-electron chi connectivity index (χ2n) is 5.07. The van der Waals surface area contributed by atoms with Crippen LogP contribution in [0.3, 0.4) is 0 Å². The summed E-state index contributed by atoms with van der Waals surface area (Å²) in [4.78, 5) is 41.0. The number of aromatic amines is 1. The van der Waals surface area contributed by atoms with Crippen LogP contribution < -0.4 is 15.5 Å². The van der Waals surface area contributed by atoms with Gasteiger partial charge in [-0.25, -0.2) is 14.8 Å². The lowest BCUT2D eigenvalue weighted by Crippen LogP contribution is -2.31. The Hall–Kier alpha value is -2.94. The van der Waals surface area contributed by atoms with Crippen LogP contribution in [0.4, 0.5) is 16.4 Å². The number of amides is 4. The third kappa shape index (κ3) is 3.35. The molecule has 1 aliphatic rings. The van der Waals surface area contributed by atoms with E-state index in [1.807, 2.05) is 0 Å². The summed E-state index contributed by atoms with van der Waals surface area (Å²) >= 11 is 5.80. The molecule has 1 atom stereocenters. The van der Waals surface area contributed by atoms with Gasteiger partial charge in [-0.15, -0.1) is 0 Å². The van der Waals surface area contributed by atoms with Crippen molar-refractivity contribution in [2.75, 3.05) is 10.2 Å². The minimum Gasteiger partial charge on any atom is -0.325 e. The molecule has 124 valence electrons. The molecule has 1 aromatic heterocycles. The van der Waals surface area contributed by atoms with Gasteiger partial charge in [0, 0.05) is 11.4 Å². The summed E-state index contributed by atoms with van der Waals surface area (Å²) < 4.78 is 0. The van der Waals surface area contributed by atoms with Crippen molar-refractivity contribution in [3.05, 3.63) is 35.6 Å². The standard InChI is InChI=1S/C14H13ClN6O3/c15-8-1-3-9(4-2-8)21-12(23)10(18-14(21)24)5-6-11(22)19-13-16-7-17-20-13/h1-4,7,10H,5-6H2,(H,18,24)(H2,16,17,19,20,22)/t10-/m1/s1. The summed E-state index contributed by atoms with van der Waals surface area (Å²) in [5.41, 5.74) is 0.426. The molecular formula is C14H13ClN6O3. The van der Waals surface area contributed by atoms with E-state index in [4.69, 9.17) is 11.6 Å². The molecule has 4 amide bonds. The number of halogens is 1. The molecule has 24 heavy (non-hydrogen) atoms. The Bertz CT molecular complexity index is 761. The monoisotopic (exact) mass is 348 g/mol. The number of benzene rings is 1. The fourth-order valence-electron chi connectivity index (χ4n) is 2.30. The largest absolute Gasteiger partial charge is 0.329 e. The molecule has 1 saturated heterocycles. The normalized spacial score (nSPS) is 17.0. The average Bonchev–Trinajstić information content (AvgIpc) is 3.15. The average molecular weight is 349 g/mol. The number of imide groups is 1. The molecule has 1 aliphatic heterocycles. The summed E-state index contributed by atoms with van der Waals surface area (Å²) in [5.74, 6) is -0.516. The van der Waals surface area contributed by atoms with Gasteiger partial charge in [0.1, 0.15) is 12.4 Å². The Kier molecular flexibility index (Phi) is 4.43. The second kappa shape index (κ2) is 6.67. The molecule has 3 N–H and O–H groups in total. The van der Waals surface area contributed by atoms with Crippen molar-refractivity contribution in [2.24, 2.45) is 0 Å². The van der Waals surface area contributed by atoms with E-state index in [0.717, 1.165) is 4.90 Å². The van der Waals surface area contributed by atoms with E-state index in [2.05, 4.69) is 25.8 Å². The fourth-order valence-corrected chi connectivity index (χ4v) is 2.42. The lowest BCUT2D eigenvalue weighted by molar-refractivity contribution is -0.119. The van der Waals surface area contributed by atoms with Crippen LogP contribution in [-0.2, 0) is 9.59 Å². The number of carbonyl (C=O) groups excluding carboxylic acids is 3. The SMILES string of the molecule is O=C(CC[C@H]1NC(=O)N(c2ccc(Cl)cc2)C1=O)Nc1ncn[nH]1. The molecule has 0 unspecified atom stereocenters. The van der Waals surface area contributed by atoms with Crippen LogP contribution >= 0.6 is 11.6 Å². The molecule has 1 fully saturated rings. The van der Waals surface area contributed by atoms with Crippen LogP contribution in [0.2, 0.25) is 5.02 Å². The number of nitrogens with zero attached hydrogens (tertiary/aromatic N) is 3. The van der Waals surface area contributed by atoms with Crippen LogP contribution in [0.5, 0.6) is 0 Å². The Labute approximate surface area is 141 Å². The molecule has 0 spiro atoms. The summed E-state index contributed by atoms with van der Waals surface area (Å²) in [6.07, 6.45) is 1.49. The molecule has 0 bridgehead atoms. The van der Waals surface area contributed by atoms with E-state index in [0.29, 0.717) is 10.7 Å². The first kappa shape index (κ1) is 15.9.